The molecular formula is C15H20N4O2S. The summed E-state index contributed by atoms with van der Waals surface area (Å²) in [6, 6.07) is 7.71. The first-order valence-electron chi connectivity index (χ1n) is 6.87. The van der Waals surface area contributed by atoms with Crippen LogP contribution in [-0.4, -0.2) is 45.5 Å². The van der Waals surface area contributed by atoms with E-state index in [4.69, 9.17) is 4.74 Å². The second-order valence-corrected chi connectivity index (χ2v) is 5.92. The van der Waals surface area contributed by atoms with Crippen molar-refractivity contribution in [3.8, 4) is 5.75 Å². The maximum atomic E-state index is 12.2. The molecule has 6 nitrogen and oxygen atoms in total. The van der Waals surface area contributed by atoms with E-state index in [1.165, 1.54) is 11.8 Å². The van der Waals surface area contributed by atoms with Gasteiger partial charge in [0.2, 0.25) is 5.91 Å². The van der Waals surface area contributed by atoms with Gasteiger partial charge in [-0.3, -0.25) is 4.79 Å². The highest BCUT2D eigenvalue weighted by Gasteiger charge is 2.13. The van der Waals surface area contributed by atoms with E-state index in [9.17, 15) is 4.79 Å². The zero-order valence-electron chi connectivity index (χ0n) is 13.2. The molecule has 2 aromatic rings. The van der Waals surface area contributed by atoms with Crippen molar-refractivity contribution in [1.29, 1.82) is 0 Å². The van der Waals surface area contributed by atoms with Gasteiger partial charge in [0.1, 0.15) is 11.6 Å². The summed E-state index contributed by atoms with van der Waals surface area (Å²) in [6.45, 7) is 2.45. The zero-order chi connectivity index (χ0) is 16.1. The highest BCUT2D eigenvalue weighted by molar-refractivity contribution is 7.99. The summed E-state index contributed by atoms with van der Waals surface area (Å²) in [5.41, 5.74) is 1.07. The van der Waals surface area contributed by atoms with Crippen LogP contribution in [0.25, 0.3) is 0 Å². The third kappa shape index (κ3) is 4.00. The van der Waals surface area contributed by atoms with E-state index in [1.54, 1.807) is 19.1 Å². The first-order valence-corrected chi connectivity index (χ1v) is 7.85. The maximum Gasteiger partial charge on any atom is 0.233 e. The van der Waals surface area contributed by atoms with Crippen LogP contribution in [0, 0.1) is 6.92 Å². The predicted octanol–water partition coefficient (Wildman–Crippen LogP) is 1.88. The standard InChI is InChI=1S/C15H20N4O2S/c1-11-16-17-15(19(11)3)22-10-14(20)18(2)9-12-5-7-13(21-4)8-6-12/h5-8H,9-10H2,1-4H3. The van der Waals surface area contributed by atoms with Crippen LogP contribution in [0.5, 0.6) is 5.75 Å². The van der Waals surface area contributed by atoms with Gasteiger partial charge in [-0.2, -0.15) is 0 Å². The lowest BCUT2D eigenvalue weighted by atomic mass is 10.2. The minimum Gasteiger partial charge on any atom is -0.497 e. The van der Waals surface area contributed by atoms with Crippen LogP contribution in [0.1, 0.15) is 11.4 Å². The van der Waals surface area contributed by atoms with Crippen molar-refractivity contribution < 1.29 is 9.53 Å². The van der Waals surface area contributed by atoms with Gasteiger partial charge in [-0.1, -0.05) is 23.9 Å². The lowest BCUT2D eigenvalue weighted by Crippen LogP contribution is -2.27. The van der Waals surface area contributed by atoms with Crippen molar-refractivity contribution in [3.63, 3.8) is 0 Å². The highest BCUT2D eigenvalue weighted by Crippen LogP contribution is 2.17. The van der Waals surface area contributed by atoms with Crippen molar-refractivity contribution in [2.75, 3.05) is 19.9 Å². The molecule has 0 fully saturated rings. The third-order valence-electron chi connectivity index (χ3n) is 3.38. The molecule has 118 valence electrons. The Hall–Kier alpha value is -2.02. The Morgan fingerprint density at radius 2 is 2.00 bits per heavy atom. The summed E-state index contributed by atoms with van der Waals surface area (Å²) in [6.07, 6.45) is 0. The van der Waals surface area contributed by atoms with Crippen LogP contribution in [0.3, 0.4) is 0 Å². The van der Waals surface area contributed by atoms with Crippen LogP contribution in [0.4, 0.5) is 0 Å². The fraction of sp³-hybridized carbons (Fsp3) is 0.400. The van der Waals surface area contributed by atoms with E-state index >= 15 is 0 Å². The molecule has 0 aliphatic heterocycles. The number of thioether (sulfide) groups is 1. The number of aryl methyl sites for hydroxylation is 1. The zero-order valence-corrected chi connectivity index (χ0v) is 14.1. The molecule has 1 aromatic carbocycles. The van der Waals surface area contributed by atoms with Gasteiger partial charge in [0.15, 0.2) is 5.16 Å². The van der Waals surface area contributed by atoms with E-state index in [2.05, 4.69) is 10.2 Å². The fourth-order valence-corrected chi connectivity index (χ4v) is 2.74. The molecule has 0 spiro atoms. The average Bonchev–Trinajstić information content (AvgIpc) is 2.85. The Balaban J connectivity index is 1.87. The Labute approximate surface area is 134 Å². The van der Waals surface area contributed by atoms with Crippen molar-refractivity contribution >= 4 is 17.7 Å². The van der Waals surface area contributed by atoms with E-state index in [0.717, 1.165) is 22.3 Å². The quantitative estimate of drug-likeness (QED) is 0.761. The fourth-order valence-electron chi connectivity index (χ4n) is 1.84. The topological polar surface area (TPSA) is 60.2 Å². The minimum absolute atomic E-state index is 0.0569. The summed E-state index contributed by atoms with van der Waals surface area (Å²) >= 11 is 1.40. The normalized spacial score (nSPS) is 10.5. The van der Waals surface area contributed by atoms with E-state index in [0.29, 0.717) is 12.3 Å². The number of ether oxygens (including phenoxy) is 1. The molecule has 0 unspecified atom stereocenters. The van der Waals surface area contributed by atoms with Gasteiger partial charge < -0.3 is 14.2 Å². The molecule has 2 rings (SSSR count). The summed E-state index contributed by atoms with van der Waals surface area (Å²) in [5.74, 6) is 2.05. The molecule has 0 saturated heterocycles. The number of hydrogen-bond donors (Lipinski definition) is 0. The first kappa shape index (κ1) is 16.4. The van der Waals surface area contributed by atoms with Crippen molar-refractivity contribution in [3.05, 3.63) is 35.7 Å². The molecule has 0 N–H and O–H groups in total. The molecule has 0 radical (unpaired) electrons. The summed E-state index contributed by atoms with van der Waals surface area (Å²) in [7, 11) is 5.33. The molecule has 0 bridgehead atoms. The second kappa shape index (κ2) is 7.31. The van der Waals surface area contributed by atoms with Gasteiger partial charge in [-0.15, -0.1) is 10.2 Å². The summed E-state index contributed by atoms with van der Waals surface area (Å²) < 4.78 is 7.00. The van der Waals surface area contributed by atoms with Crippen molar-refractivity contribution in [2.24, 2.45) is 7.05 Å². The molecular weight excluding hydrogens is 300 g/mol. The Morgan fingerprint density at radius 3 is 2.55 bits per heavy atom. The smallest absolute Gasteiger partial charge is 0.233 e. The molecule has 0 aliphatic carbocycles. The molecule has 0 aliphatic rings. The number of benzene rings is 1. The third-order valence-corrected chi connectivity index (χ3v) is 4.39. The van der Waals surface area contributed by atoms with Crippen LogP contribution < -0.4 is 4.74 Å². The summed E-state index contributed by atoms with van der Waals surface area (Å²) in [4.78, 5) is 13.9. The number of aromatic nitrogens is 3. The molecule has 0 saturated carbocycles. The van der Waals surface area contributed by atoms with Crippen molar-refractivity contribution in [1.82, 2.24) is 19.7 Å². The molecule has 1 heterocycles. The number of rotatable bonds is 6. The van der Waals surface area contributed by atoms with E-state index in [-0.39, 0.29) is 5.91 Å². The number of nitrogens with zero attached hydrogens (tertiary/aromatic N) is 4. The van der Waals surface area contributed by atoms with Crippen LogP contribution in [0.15, 0.2) is 29.4 Å². The average molecular weight is 320 g/mol. The van der Waals surface area contributed by atoms with Gasteiger partial charge in [0.25, 0.3) is 0 Å². The lowest BCUT2D eigenvalue weighted by Gasteiger charge is -2.17. The Kier molecular flexibility index (Phi) is 5.43. The monoisotopic (exact) mass is 320 g/mol. The van der Waals surface area contributed by atoms with Crippen LogP contribution in [0.2, 0.25) is 0 Å². The molecule has 22 heavy (non-hydrogen) atoms. The first-order chi connectivity index (χ1) is 10.5. The molecule has 0 atom stereocenters. The molecule has 1 aromatic heterocycles. The van der Waals surface area contributed by atoms with E-state index < -0.39 is 0 Å². The van der Waals surface area contributed by atoms with Gasteiger partial charge >= 0.3 is 0 Å². The van der Waals surface area contributed by atoms with Gasteiger partial charge in [-0.25, -0.2) is 0 Å². The summed E-state index contributed by atoms with van der Waals surface area (Å²) in [5, 5.41) is 8.77. The number of carbonyl (C=O) groups is 1. The number of carbonyl (C=O) groups excluding carboxylic acids is 1. The van der Waals surface area contributed by atoms with Crippen LogP contribution in [-0.2, 0) is 18.4 Å². The van der Waals surface area contributed by atoms with Gasteiger partial charge in [0.05, 0.1) is 12.9 Å². The molecule has 1 amide bonds. The Bertz CT molecular complexity index is 639. The molecule has 7 heteroatoms. The van der Waals surface area contributed by atoms with Crippen LogP contribution >= 0.6 is 11.8 Å². The predicted molar refractivity (Wildman–Crippen MR) is 85.9 cm³/mol. The number of methoxy groups -OCH3 is 1. The van der Waals surface area contributed by atoms with Gasteiger partial charge in [-0.05, 0) is 24.6 Å². The maximum absolute atomic E-state index is 12.2. The number of hydrogen-bond acceptors (Lipinski definition) is 5. The number of amides is 1. The SMILES string of the molecule is COc1ccc(CN(C)C(=O)CSc2nnc(C)n2C)cc1. The van der Waals surface area contributed by atoms with E-state index in [1.807, 2.05) is 42.8 Å². The largest absolute Gasteiger partial charge is 0.497 e. The minimum atomic E-state index is 0.0569. The van der Waals surface area contributed by atoms with Crippen molar-refractivity contribution in [2.45, 2.75) is 18.6 Å². The second-order valence-electron chi connectivity index (χ2n) is 4.98. The lowest BCUT2D eigenvalue weighted by molar-refractivity contribution is -0.127. The highest BCUT2D eigenvalue weighted by atomic mass is 32.2. The Morgan fingerprint density at radius 1 is 1.32 bits per heavy atom. The van der Waals surface area contributed by atoms with Gasteiger partial charge in [0, 0.05) is 20.6 Å².